The molecule has 1 aromatic rings. The molecule has 14 heavy (non-hydrogen) atoms. The number of thiophene rings is 1. The minimum Gasteiger partial charge on any atom is -0.480 e. The van der Waals surface area contributed by atoms with Crippen LogP contribution in [0, 0.1) is 0 Å². The molecule has 1 aliphatic rings. The summed E-state index contributed by atoms with van der Waals surface area (Å²) in [5.74, 6) is -0.347. The zero-order valence-corrected chi connectivity index (χ0v) is 9.11. The average molecular weight is 234 g/mol. The van der Waals surface area contributed by atoms with Crippen LogP contribution in [0.25, 0.3) is 0 Å². The van der Waals surface area contributed by atoms with E-state index in [-0.39, 0.29) is 18.4 Å². The molecule has 78 valence electrons. The summed E-state index contributed by atoms with van der Waals surface area (Å²) < 4.78 is 0. The molecule has 3 nitrogen and oxygen atoms in total. The smallest absolute Gasteiger partial charge is 0.320 e. The Balaban J connectivity index is 0.000000980. The molecule has 2 N–H and O–H groups in total. The van der Waals surface area contributed by atoms with Gasteiger partial charge in [-0.15, -0.1) is 23.7 Å². The molecule has 0 amide bonds. The van der Waals surface area contributed by atoms with E-state index in [0.717, 1.165) is 13.0 Å². The van der Waals surface area contributed by atoms with Crippen molar-refractivity contribution in [2.45, 2.75) is 18.4 Å². The van der Waals surface area contributed by atoms with Gasteiger partial charge in [0.15, 0.2) is 0 Å². The highest BCUT2D eigenvalue weighted by molar-refractivity contribution is 7.10. The van der Waals surface area contributed by atoms with Crippen LogP contribution in [0.4, 0.5) is 0 Å². The summed E-state index contributed by atoms with van der Waals surface area (Å²) in [7, 11) is 0. The van der Waals surface area contributed by atoms with Crippen molar-refractivity contribution in [3.05, 3.63) is 22.4 Å². The molecular weight excluding hydrogens is 222 g/mol. The third-order valence-electron chi connectivity index (χ3n) is 2.37. The molecule has 0 spiro atoms. The largest absolute Gasteiger partial charge is 0.480 e. The maximum atomic E-state index is 10.7. The first-order valence-corrected chi connectivity index (χ1v) is 5.15. The molecule has 1 saturated heterocycles. The van der Waals surface area contributed by atoms with Crippen LogP contribution in [-0.2, 0) is 4.79 Å². The Bertz CT molecular complexity index is 302. The van der Waals surface area contributed by atoms with Crippen LogP contribution in [0.5, 0.6) is 0 Å². The standard InChI is InChI=1S/C9H11NO2S.ClH/c11-9(12)7-4-6(5-10-7)8-2-1-3-13-8;/h1-3,6-7,10H,4-5H2,(H,11,12);1H/t6-,7-;/m0./s1. The van der Waals surface area contributed by atoms with E-state index in [4.69, 9.17) is 5.11 Å². The van der Waals surface area contributed by atoms with Gasteiger partial charge in [0, 0.05) is 17.3 Å². The van der Waals surface area contributed by atoms with Gasteiger partial charge < -0.3 is 10.4 Å². The fraction of sp³-hybridized carbons (Fsp3) is 0.444. The first-order valence-electron chi connectivity index (χ1n) is 4.27. The van der Waals surface area contributed by atoms with Crippen LogP contribution in [0.1, 0.15) is 17.2 Å². The Morgan fingerprint density at radius 3 is 2.93 bits per heavy atom. The van der Waals surface area contributed by atoms with E-state index in [1.54, 1.807) is 11.3 Å². The van der Waals surface area contributed by atoms with Crippen molar-refractivity contribution in [3.63, 3.8) is 0 Å². The number of carboxylic acid groups (broad SMARTS) is 1. The van der Waals surface area contributed by atoms with Crippen molar-refractivity contribution in [2.75, 3.05) is 6.54 Å². The molecular formula is C9H12ClNO2S. The summed E-state index contributed by atoms with van der Waals surface area (Å²) in [6.45, 7) is 0.789. The number of carbonyl (C=O) groups is 1. The number of halogens is 1. The molecule has 2 heterocycles. The minimum absolute atomic E-state index is 0. The van der Waals surface area contributed by atoms with Gasteiger partial charge in [-0.2, -0.15) is 0 Å². The second kappa shape index (κ2) is 4.77. The lowest BCUT2D eigenvalue weighted by Crippen LogP contribution is -2.29. The van der Waals surface area contributed by atoms with Gasteiger partial charge in [0.25, 0.3) is 0 Å². The van der Waals surface area contributed by atoms with Crippen LogP contribution >= 0.6 is 23.7 Å². The van der Waals surface area contributed by atoms with E-state index in [9.17, 15) is 4.79 Å². The van der Waals surface area contributed by atoms with Crippen LogP contribution in [0.2, 0.25) is 0 Å². The molecule has 2 rings (SSSR count). The number of rotatable bonds is 2. The maximum absolute atomic E-state index is 10.7. The fourth-order valence-electron chi connectivity index (χ4n) is 1.66. The monoisotopic (exact) mass is 233 g/mol. The van der Waals surface area contributed by atoms with Gasteiger partial charge in [-0.3, -0.25) is 4.79 Å². The van der Waals surface area contributed by atoms with Crippen molar-refractivity contribution < 1.29 is 9.90 Å². The highest BCUT2D eigenvalue weighted by Gasteiger charge is 2.30. The summed E-state index contributed by atoms with van der Waals surface area (Å²) in [5.41, 5.74) is 0. The molecule has 2 atom stereocenters. The normalized spacial score (nSPS) is 25.7. The van der Waals surface area contributed by atoms with Crippen LogP contribution in [-0.4, -0.2) is 23.7 Å². The van der Waals surface area contributed by atoms with Crippen LogP contribution in [0.3, 0.4) is 0 Å². The van der Waals surface area contributed by atoms with E-state index < -0.39 is 5.97 Å². The second-order valence-electron chi connectivity index (χ2n) is 3.25. The molecule has 1 aliphatic heterocycles. The van der Waals surface area contributed by atoms with Gasteiger partial charge in [-0.1, -0.05) is 6.07 Å². The fourth-order valence-corrected chi connectivity index (χ4v) is 2.51. The van der Waals surface area contributed by atoms with Crippen molar-refractivity contribution in [1.29, 1.82) is 0 Å². The average Bonchev–Trinajstić information content (AvgIpc) is 2.75. The van der Waals surface area contributed by atoms with Crippen molar-refractivity contribution in [3.8, 4) is 0 Å². The summed E-state index contributed by atoms with van der Waals surface area (Å²) in [4.78, 5) is 11.9. The van der Waals surface area contributed by atoms with Crippen LogP contribution in [0.15, 0.2) is 17.5 Å². The first kappa shape index (κ1) is 11.5. The number of nitrogens with one attached hydrogen (secondary N) is 1. The molecule has 1 aromatic heterocycles. The van der Waals surface area contributed by atoms with Gasteiger partial charge >= 0.3 is 5.97 Å². The number of aliphatic carboxylic acids is 1. The molecule has 5 heteroatoms. The lowest BCUT2D eigenvalue weighted by Gasteiger charge is -2.03. The SMILES string of the molecule is Cl.O=C(O)[C@@H]1C[C@H](c2cccs2)CN1. The Labute approximate surface area is 92.5 Å². The van der Waals surface area contributed by atoms with Crippen LogP contribution < -0.4 is 5.32 Å². The minimum atomic E-state index is -0.737. The highest BCUT2D eigenvalue weighted by atomic mass is 35.5. The first-order chi connectivity index (χ1) is 6.27. The lowest BCUT2D eigenvalue weighted by molar-refractivity contribution is -0.139. The Kier molecular flexibility index (Phi) is 3.92. The third-order valence-corrected chi connectivity index (χ3v) is 3.41. The summed E-state index contributed by atoms with van der Waals surface area (Å²) in [5, 5.41) is 13.8. The summed E-state index contributed by atoms with van der Waals surface area (Å²) >= 11 is 1.70. The zero-order valence-electron chi connectivity index (χ0n) is 7.47. The lowest BCUT2D eigenvalue weighted by atomic mass is 10.0. The predicted molar refractivity (Wildman–Crippen MR) is 58.4 cm³/mol. The highest BCUT2D eigenvalue weighted by Crippen LogP contribution is 2.28. The summed E-state index contributed by atoms with van der Waals surface area (Å²) in [6, 6.07) is 3.72. The number of hydrogen-bond donors (Lipinski definition) is 2. The molecule has 0 bridgehead atoms. The van der Waals surface area contributed by atoms with Gasteiger partial charge in [-0.05, 0) is 17.9 Å². The Morgan fingerprint density at radius 1 is 1.64 bits per heavy atom. The molecule has 0 radical (unpaired) electrons. The van der Waals surface area contributed by atoms with E-state index >= 15 is 0 Å². The number of carboxylic acids is 1. The van der Waals surface area contributed by atoms with Gasteiger partial charge in [0.05, 0.1) is 0 Å². The quantitative estimate of drug-likeness (QED) is 0.818. The maximum Gasteiger partial charge on any atom is 0.320 e. The molecule has 0 aromatic carbocycles. The van der Waals surface area contributed by atoms with E-state index in [1.807, 2.05) is 11.4 Å². The molecule has 0 aliphatic carbocycles. The van der Waals surface area contributed by atoms with E-state index in [0.29, 0.717) is 5.92 Å². The van der Waals surface area contributed by atoms with Crippen molar-refractivity contribution >= 4 is 29.7 Å². The Morgan fingerprint density at radius 2 is 2.43 bits per heavy atom. The predicted octanol–water partition coefficient (Wildman–Crippen LogP) is 1.70. The van der Waals surface area contributed by atoms with Gasteiger partial charge in [0.2, 0.25) is 0 Å². The Hall–Kier alpha value is -0.580. The molecule has 0 unspecified atom stereocenters. The number of hydrogen-bond acceptors (Lipinski definition) is 3. The van der Waals surface area contributed by atoms with Gasteiger partial charge in [-0.25, -0.2) is 0 Å². The van der Waals surface area contributed by atoms with Crippen molar-refractivity contribution in [1.82, 2.24) is 5.32 Å². The second-order valence-corrected chi connectivity index (χ2v) is 4.23. The molecule has 0 saturated carbocycles. The zero-order chi connectivity index (χ0) is 9.26. The van der Waals surface area contributed by atoms with E-state index in [1.165, 1.54) is 4.88 Å². The molecule has 1 fully saturated rings. The van der Waals surface area contributed by atoms with Gasteiger partial charge in [0.1, 0.15) is 6.04 Å². The third kappa shape index (κ3) is 2.26. The van der Waals surface area contributed by atoms with E-state index in [2.05, 4.69) is 11.4 Å². The summed E-state index contributed by atoms with van der Waals surface area (Å²) in [6.07, 6.45) is 0.718. The topological polar surface area (TPSA) is 49.3 Å². The van der Waals surface area contributed by atoms with Crippen molar-refractivity contribution in [2.24, 2.45) is 0 Å².